The molecule has 0 bridgehead atoms. The van der Waals surface area contributed by atoms with Gasteiger partial charge in [0.05, 0.1) is 0 Å². The van der Waals surface area contributed by atoms with E-state index in [1.807, 2.05) is 18.3 Å². The molecule has 0 aliphatic carbocycles. The second kappa shape index (κ2) is 3.26. The first-order valence-electron chi connectivity index (χ1n) is 2.76. The number of aromatic amines is 1. The zero-order valence-electron chi connectivity index (χ0n) is 5.33. The molecule has 2 nitrogen and oxygen atoms in total. The maximum atomic E-state index is 4.05. The molecule has 2 aromatic heterocycles. The number of H-pyrrole nitrogens is 1. The van der Waals surface area contributed by atoms with Gasteiger partial charge in [0.1, 0.15) is 0 Å². The minimum Gasteiger partial charge on any atom is -0.437 e. The molecule has 2 rings (SSSR count). The summed E-state index contributed by atoms with van der Waals surface area (Å²) in [5.74, 6) is 0. The first kappa shape index (κ1) is 7.90. The van der Waals surface area contributed by atoms with Gasteiger partial charge < -0.3 is 4.98 Å². The van der Waals surface area contributed by atoms with Crippen LogP contribution in [0, 0.1) is 6.07 Å². The minimum absolute atomic E-state index is 0. The van der Waals surface area contributed by atoms with Crippen LogP contribution < -0.4 is 0 Å². The maximum Gasteiger partial charge on any atom is 0.00429 e. The number of nitrogens with zero attached hydrogens (tertiary/aromatic N) is 1. The Morgan fingerprint density at radius 3 is 3.20 bits per heavy atom. The van der Waals surface area contributed by atoms with Gasteiger partial charge in [-0.25, -0.2) is 12.1 Å². The maximum absolute atomic E-state index is 4.05. The van der Waals surface area contributed by atoms with E-state index in [2.05, 4.69) is 16.0 Å². The van der Waals surface area contributed by atoms with Crippen molar-refractivity contribution in [3.8, 4) is 0 Å². The molecule has 0 saturated carbocycles. The van der Waals surface area contributed by atoms with Crippen LogP contribution in [0.1, 0.15) is 0 Å². The van der Waals surface area contributed by atoms with E-state index in [1.165, 1.54) is 0 Å². The van der Waals surface area contributed by atoms with E-state index in [-0.39, 0.29) is 32.7 Å². The van der Waals surface area contributed by atoms with Crippen molar-refractivity contribution >= 4 is 11.0 Å². The summed E-state index contributed by atoms with van der Waals surface area (Å²) in [5.41, 5.74) is 2.03. The summed E-state index contributed by atoms with van der Waals surface area (Å²) in [5, 5.41) is 0. The Hall–Kier alpha value is -0.206. The van der Waals surface area contributed by atoms with Crippen LogP contribution in [0.4, 0.5) is 0 Å². The van der Waals surface area contributed by atoms with Crippen LogP contribution in [-0.4, -0.2) is 9.97 Å². The summed E-state index contributed by atoms with van der Waals surface area (Å²) in [6, 6.07) is 6.69. The van der Waals surface area contributed by atoms with Crippen molar-refractivity contribution in [2.75, 3.05) is 0 Å². The molecule has 10 heavy (non-hydrogen) atoms. The van der Waals surface area contributed by atoms with Crippen molar-refractivity contribution in [1.82, 2.24) is 9.97 Å². The molecule has 47 valence electrons. The third-order valence-corrected chi connectivity index (χ3v) is 1.26. The Bertz CT molecular complexity index is 286. The number of pyridine rings is 1. The number of aromatic nitrogens is 2. The van der Waals surface area contributed by atoms with Gasteiger partial charge in [-0.1, -0.05) is 11.7 Å². The molecule has 0 unspecified atom stereocenters. The van der Waals surface area contributed by atoms with Crippen LogP contribution in [-0.2, 0) is 32.7 Å². The summed E-state index contributed by atoms with van der Waals surface area (Å²) in [6.07, 6.45) is 3.53. The third kappa shape index (κ3) is 1.28. The fourth-order valence-electron chi connectivity index (χ4n) is 0.830. The minimum atomic E-state index is 0. The van der Waals surface area contributed by atoms with Crippen LogP contribution in [0.3, 0.4) is 0 Å². The molecule has 0 aliphatic rings. The predicted molar refractivity (Wildman–Crippen MR) is 34.9 cm³/mol. The van der Waals surface area contributed by atoms with Gasteiger partial charge in [0.25, 0.3) is 0 Å². The molecule has 0 saturated heterocycles. The Labute approximate surface area is 83.9 Å². The van der Waals surface area contributed by atoms with Crippen LogP contribution in [0.5, 0.6) is 0 Å². The quantitative estimate of drug-likeness (QED) is 0.647. The predicted octanol–water partition coefficient (Wildman–Crippen LogP) is 1.36. The van der Waals surface area contributed by atoms with Crippen LogP contribution >= 0.6 is 0 Å². The van der Waals surface area contributed by atoms with Crippen LogP contribution in [0.15, 0.2) is 24.5 Å². The molecule has 0 amide bonds. The molecule has 3 heteroatoms. The van der Waals surface area contributed by atoms with Crippen molar-refractivity contribution in [2.45, 2.75) is 0 Å². The van der Waals surface area contributed by atoms with Crippen molar-refractivity contribution in [3.63, 3.8) is 0 Å². The molecule has 1 N–H and O–H groups in total. The van der Waals surface area contributed by atoms with Gasteiger partial charge in [0.2, 0.25) is 0 Å². The van der Waals surface area contributed by atoms with Crippen LogP contribution in [0.2, 0.25) is 0 Å². The molecule has 2 aromatic rings. The summed E-state index contributed by atoms with van der Waals surface area (Å²) in [6.45, 7) is 0. The molecule has 0 aliphatic heterocycles. The summed E-state index contributed by atoms with van der Waals surface area (Å²) in [4.78, 5) is 7.08. The summed E-state index contributed by atoms with van der Waals surface area (Å²) < 4.78 is 0. The van der Waals surface area contributed by atoms with Crippen LogP contribution in [0.25, 0.3) is 11.0 Å². The number of nitrogens with one attached hydrogen (secondary N) is 1. The number of rotatable bonds is 0. The second-order valence-electron chi connectivity index (χ2n) is 1.85. The first-order valence-corrected chi connectivity index (χ1v) is 2.76. The zero-order chi connectivity index (χ0) is 6.10. The van der Waals surface area contributed by atoms with E-state index < -0.39 is 0 Å². The van der Waals surface area contributed by atoms with E-state index in [4.69, 9.17) is 0 Å². The molecular weight excluding hydrogens is 201 g/mol. The molecule has 2 heterocycles. The van der Waals surface area contributed by atoms with Crippen molar-refractivity contribution in [1.29, 1.82) is 0 Å². The Morgan fingerprint density at radius 1 is 1.50 bits per heavy atom. The average Bonchev–Trinajstić information content (AvgIpc) is 2.33. The molecule has 1 radical (unpaired) electrons. The fraction of sp³-hybridized carbons (Fsp3) is 0. The van der Waals surface area contributed by atoms with E-state index in [0.717, 1.165) is 11.0 Å². The third-order valence-electron chi connectivity index (χ3n) is 1.26. The number of fused-ring (bicyclic) bond motifs is 1. The SMILES string of the molecule is [Y].[c-]1cnc2cc[nH]c2c1. The van der Waals surface area contributed by atoms with E-state index >= 15 is 0 Å². The van der Waals surface area contributed by atoms with Gasteiger partial charge in [-0.05, 0) is 12.3 Å². The van der Waals surface area contributed by atoms with Crippen molar-refractivity contribution in [2.24, 2.45) is 0 Å². The van der Waals surface area contributed by atoms with Gasteiger partial charge in [-0.2, -0.15) is 0 Å². The monoisotopic (exact) mass is 206 g/mol. The van der Waals surface area contributed by atoms with Gasteiger partial charge in [-0.3, -0.25) is 4.98 Å². The standard InChI is InChI=1S/C7H5N2.Y/c1-2-6-7(8-4-1)3-5-9-6;/h2-5,9H;/q-1;. The molecule has 0 fully saturated rings. The van der Waals surface area contributed by atoms with E-state index in [9.17, 15) is 0 Å². The molecular formula is C7H5N2Y-. The molecule has 0 aromatic carbocycles. The Morgan fingerprint density at radius 2 is 2.40 bits per heavy atom. The number of hydrogen-bond acceptors (Lipinski definition) is 1. The van der Waals surface area contributed by atoms with Crippen molar-refractivity contribution in [3.05, 3.63) is 30.6 Å². The van der Waals surface area contributed by atoms with Gasteiger partial charge in [0, 0.05) is 38.2 Å². The normalized spacial score (nSPS) is 9.20. The summed E-state index contributed by atoms with van der Waals surface area (Å²) >= 11 is 0. The molecule has 0 atom stereocenters. The fourth-order valence-corrected chi connectivity index (χ4v) is 0.830. The second-order valence-corrected chi connectivity index (χ2v) is 1.85. The number of hydrogen-bond donors (Lipinski definition) is 1. The van der Waals surface area contributed by atoms with E-state index in [0.29, 0.717) is 0 Å². The smallest absolute Gasteiger partial charge is 0.00429 e. The average molecular weight is 206 g/mol. The first-order chi connectivity index (χ1) is 4.47. The van der Waals surface area contributed by atoms with Gasteiger partial charge in [-0.15, -0.1) is 0 Å². The topological polar surface area (TPSA) is 28.7 Å². The largest absolute Gasteiger partial charge is 0.437 e. The van der Waals surface area contributed by atoms with E-state index in [1.54, 1.807) is 6.20 Å². The summed E-state index contributed by atoms with van der Waals surface area (Å²) in [7, 11) is 0. The Balaban J connectivity index is 0.000000500. The zero-order valence-corrected chi connectivity index (χ0v) is 8.17. The van der Waals surface area contributed by atoms with Gasteiger partial charge >= 0.3 is 0 Å². The molecule has 0 spiro atoms. The van der Waals surface area contributed by atoms with Crippen molar-refractivity contribution < 1.29 is 32.7 Å². The Kier molecular flexibility index (Phi) is 2.58. The van der Waals surface area contributed by atoms with Gasteiger partial charge in [0.15, 0.2) is 0 Å².